The average molecular weight is 337 g/mol. The van der Waals surface area contributed by atoms with Crippen LogP contribution in [-0.4, -0.2) is 37.9 Å². The molecule has 2 aromatic heterocycles. The van der Waals surface area contributed by atoms with Crippen LogP contribution in [-0.2, 0) is 19.1 Å². The molecule has 0 spiro atoms. The summed E-state index contributed by atoms with van der Waals surface area (Å²) in [5.41, 5.74) is 2.12. The molecule has 6 nitrogen and oxygen atoms in total. The molecular weight excluding hydrogens is 314 g/mol. The van der Waals surface area contributed by atoms with Crippen molar-refractivity contribution >= 4 is 16.9 Å². The molecule has 1 fully saturated rings. The Hall–Kier alpha value is -2.47. The van der Waals surface area contributed by atoms with Gasteiger partial charge in [0, 0.05) is 20.0 Å². The number of aromatic nitrogens is 4. The van der Waals surface area contributed by atoms with E-state index in [2.05, 4.69) is 34.9 Å². The molecule has 1 saturated heterocycles. The number of nitrogens with zero attached hydrogens (tertiary/aromatic N) is 5. The maximum absolute atomic E-state index is 11.3. The number of aryl methyl sites for hydroxylation is 3. The molecule has 0 aliphatic carbocycles. The number of aliphatic hydroxyl groups is 1. The van der Waals surface area contributed by atoms with Crippen molar-refractivity contribution in [1.82, 2.24) is 19.7 Å². The summed E-state index contributed by atoms with van der Waals surface area (Å²) in [5, 5.41) is 16.5. The van der Waals surface area contributed by atoms with Gasteiger partial charge in [-0.05, 0) is 24.5 Å². The van der Waals surface area contributed by atoms with E-state index in [1.54, 1.807) is 4.68 Å². The second kappa shape index (κ2) is 5.81. The third-order valence-electron chi connectivity index (χ3n) is 5.13. The van der Waals surface area contributed by atoms with Crippen LogP contribution in [0.5, 0.6) is 0 Å². The lowest BCUT2D eigenvalue weighted by Gasteiger charge is -2.26. The van der Waals surface area contributed by atoms with Crippen LogP contribution < -0.4 is 4.90 Å². The maximum atomic E-state index is 11.3. The molecule has 25 heavy (non-hydrogen) atoms. The minimum atomic E-state index is -0.850. The van der Waals surface area contributed by atoms with Gasteiger partial charge in [0.2, 0.25) is 0 Å². The van der Waals surface area contributed by atoms with E-state index in [0.717, 1.165) is 46.8 Å². The van der Waals surface area contributed by atoms with Crippen LogP contribution in [0.2, 0.25) is 0 Å². The molecule has 1 aliphatic rings. The fourth-order valence-electron chi connectivity index (χ4n) is 3.74. The molecule has 1 atom stereocenters. The number of fused-ring (bicyclic) bond motifs is 1. The highest BCUT2D eigenvalue weighted by Crippen LogP contribution is 2.37. The van der Waals surface area contributed by atoms with Gasteiger partial charge in [0.15, 0.2) is 5.65 Å². The molecule has 3 heterocycles. The molecule has 0 bridgehead atoms. The van der Waals surface area contributed by atoms with Crippen molar-refractivity contribution in [1.29, 1.82) is 0 Å². The topological polar surface area (TPSA) is 67.1 Å². The monoisotopic (exact) mass is 337 g/mol. The zero-order valence-electron chi connectivity index (χ0n) is 14.9. The quantitative estimate of drug-likeness (QED) is 0.794. The van der Waals surface area contributed by atoms with Gasteiger partial charge < -0.3 is 10.0 Å². The SMILES string of the molecule is CCc1nc(N2CCC(O)(c3ccccc3C)C2)c2cnn(C)c2n1. The van der Waals surface area contributed by atoms with E-state index < -0.39 is 5.60 Å². The fourth-order valence-corrected chi connectivity index (χ4v) is 3.74. The number of rotatable bonds is 3. The van der Waals surface area contributed by atoms with Crippen LogP contribution in [0.1, 0.15) is 30.3 Å². The van der Waals surface area contributed by atoms with Gasteiger partial charge in [0.05, 0.1) is 18.1 Å². The van der Waals surface area contributed by atoms with Gasteiger partial charge in [0.1, 0.15) is 17.2 Å². The lowest BCUT2D eigenvalue weighted by Crippen LogP contribution is -2.32. The third-order valence-corrected chi connectivity index (χ3v) is 5.13. The summed E-state index contributed by atoms with van der Waals surface area (Å²) in [4.78, 5) is 11.5. The Labute approximate surface area is 147 Å². The van der Waals surface area contributed by atoms with Crippen molar-refractivity contribution in [2.75, 3.05) is 18.0 Å². The van der Waals surface area contributed by atoms with Crippen molar-refractivity contribution in [3.05, 3.63) is 47.4 Å². The fraction of sp³-hybridized carbons (Fsp3) is 0.421. The van der Waals surface area contributed by atoms with Crippen LogP contribution in [0, 0.1) is 6.92 Å². The van der Waals surface area contributed by atoms with Gasteiger partial charge in [-0.2, -0.15) is 5.10 Å². The molecule has 0 amide bonds. The van der Waals surface area contributed by atoms with Crippen LogP contribution in [0.15, 0.2) is 30.5 Å². The Morgan fingerprint density at radius 1 is 1.24 bits per heavy atom. The summed E-state index contributed by atoms with van der Waals surface area (Å²) in [7, 11) is 1.90. The molecule has 1 aromatic carbocycles. The molecule has 3 aromatic rings. The van der Waals surface area contributed by atoms with Crippen molar-refractivity contribution in [3.8, 4) is 0 Å². The Bertz CT molecular complexity index is 935. The lowest BCUT2D eigenvalue weighted by atomic mass is 9.89. The first-order chi connectivity index (χ1) is 12.0. The van der Waals surface area contributed by atoms with Gasteiger partial charge in [0.25, 0.3) is 0 Å². The van der Waals surface area contributed by atoms with E-state index >= 15 is 0 Å². The van der Waals surface area contributed by atoms with Crippen molar-refractivity contribution < 1.29 is 5.11 Å². The summed E-state index contributed by atoms with van der Waals surface area (Å²) in [6.07, 6.45) is 3.27. The third kappa shape index (κ3) is 2.57. The Balaban J connectivity index is 1.75. The van der Waals surface area contributed by atoms with E-state index in [4.69, 9.17) is 4.98 Å². The highest BCUT2D eigenvalue weighted by molar-refractivity contribution is 5.87. The molecular formula is C19H23N5O. The molecule has 0 saturated carbocycles. The summed E-state index contributed by atoms with van der Waals surface area (Å²) < 4.78 is 1.78. The molecule has 1 aliphatic heterocycles. The minimum Gasteiger partial charge on any atom is -0.383 e. The molecule has 1 unspecified atom stereocenters. The van der Waals surface area contributed by atoms with E-state index in [-0.39, 0.29) is 0 Å². The summed E-state index contributed by atoms with van der Waals surface area (Å²) in [6.45, 7) is 5.39. The Morgan fingerprint density at radius 2 is 2.04 bits per heavy atom. The van der Waals surface area contributed by atoms with E-state index in [9.17, 15) is 5.11 Å². The zero-order valence-corrected chi connectivity index (χ0v) is 14.9. The Morgan fingerprint density at radius 3 is 2.80 bits per heavy atom. The normalized spacial score (nSPS) is 20.6. The molecule has 130 valence electrons. The molecule has 4 rings (SSSR count). The summed E-state index contributed by atoms with van der Waals surface area (Å²) in [5.74, 6) is 1.68. The first-order valence-electron chi connectivity index (χ1n) is 8.74. The lowest BCUT2D eigenvalue weighted by molar-refractivity contribution is 0.0600. The van der Waals surface area contributed by atoms with Crippen LogP contribution in [0.4, 0.5) is 5.82 Å². The highest BCUT2D eigenvalue weighted by Gasteiger charge is 2.39. The molecule has 6 heteroatoms. The zero-order chi connectivity index (χ0) is 17.6. The van der Waals surface area contributed by atoms with Crippen LogP contribution in [0.25, 0.3) is 11.0 Å². The largest absolute Gasteiger partial charge is 0.383 e. The first-order valence-corrected chi connectivity index (χ1v) is 8.74. The van der Waals surface area contributed by atoms with Crippen LogP contribution >= 0.6 is 0 Å². The summed E-state index contributed by atoms with van der Waals surface area (Å²) in [6, 6.07) is 8.07. The second-order valence-electron chi connectivity index (χ2n) is 6.84. The predicted octanol–water partition coefficient (Wildman–Crippen LogP) is 2.33. The van der Waals surface area contributed by atoms with Crippen molar-refractivity contribution in [3.63, 3.8) is 0 Å². The van der Waals surface area contributed by atoms with Gasteiger partial charge in [-0.25, -0.2) is 9.97 Å². The summed E-state index contributed by atoms with van der Waals surface area (Å²) >= 11 is 0. The van der Waals surface area contributed by atoms with E-state index in [1.165, 1.54) is 0 Å². The number of benzene rings is 1. The van der Waals surface area contributed by atoms with Gasteiger partial charge >= 0.3 is 0 Å². The second-order valence-corrected chi connectivity index (χ2v) is 6.84. The van der Waals surface area contributed by atoms with Crippen LogP contribution in [0.3, 0.4) is 0 Å². The van der Waals surface area contributed by atoms with E-state index in [0.29, 0.717) is 13.0 Å². The molecule has 0 radical (unpaired) electrons. The highest BCUT2D eigenvalue weighted by atomic mass is 16.3. The molecule has 1 N–H and O–H groups in total. The van der Waals surface area contributed by atoms with Crippen molar-refractivity contribution in [2.45, 2.75) is 32.3 Å². The first kappa shape index (κ1) is 16.0. The minimum absolute atomic E-state index is 0.530. The Kier molecular flexibility index (Phi) is 3.72. The number of hydrogen-bond donors (Lipinski definition) is 1. The van der Waals surface area contributed by atoms with Gasteiger partial charge in [-0.3, -0.25) is 4.68 Å². The average Bonchev–Trinajstić information content (AvgIpc) is 3.19. The predicted molar refractivity (Wildman–Crippen MR) is 97.6 cm³/mol. The number of β-amino-alcohol motifs (C(OH)–C–C–N with tert-alkyl or cyclic N) is 1. The van der Waals surface area contributed by atoms with Gasteiger partial charge in [-0.15, -0.1) is 0 Å². The van der Waals surface area contributed by atoms with Crippen molar-refractivity contribution in [2.24, 2.45) is 7.05 Å². The maximum Gasteiger partial charge on any atom is 0.163 e. The number of hydrogen-bond acceptors (Lipinski definition) is 5. The standard InChI is InChI=1S/C19H23N5O/c1-4-16-21-17-14(11-20-23(17)3)18(22-16)24-10-9-19(25,12-24)15-8-6-5-7-13(15)2/h5-8,11,25H,4,9-10,12H2,1-3H3. The van der Waals surface area contributed by atoms with Gasteiger partial charge in [-0.1, -0.05) is 31.2 Å². The number of anilines is 1. The van der Waals surface area contributed by atoms with E-state index in [1.807, 2.05) is 31.4 Å². The smallest absolute Gasteiger partial charge is 0.163 e.